The first-order valence-corrected chi connectivity index (χ1v) is 9.95. The number of carbonyl (C=O) groups is 2. The van der Waals surface area contributed by atoms with Crippen LogP contribution in [0, 0.1) is 5.92 Å². The lowest BCUT2D eigenvalue weighted by atomic mass is 9.84. The second-order valence-corrected chi connectivity index (χ2v) is 7.80. The zero-order valence-electron chi connectivity index (χ0n) is 15.8. The molecule has 0 bridgehead atoms. The third kappa shape index (κ3) is 3.88. The fourth-order valence-electron chi connectivity index (χ4n) is 4.66. The van der Waals surface area contributed by atoms with Crippen molar-refractivity contribution < 1.29 is 19.4 Å². The maximum absolute atomic E-state index is 12.4. The minimum Gasteiger partial charge on any atom is -0.481 e. The molecule has 0 spiro atoms. The number of rotatable bonds is 5. The highest BCUT2D eigenvalue weighted by Crippen LogP contribution is 2.44. The van der Waals surface area contributed by atoms with Crippen LogP contribution in [-0.4, -0.2) is 29.8 Å². The first-order valence-electron chi connectivity index (χ1n) is 9.95. The molecule has 2 atom stereocenters. The lowest BCUT2D eigenvalue weighted by molar-refractivity contribution is -0.138. The molecule has 0 saturated heterocycles. The number of carbonyl (C=O) groups excluding carboxylic acids is 1. The number of ether oxygens (including phenoxy) is 1. The molecule has 4 rings (SSSR count). The van der Waals surface area contributed by atoms with E-state index in [9.17, 15) is 9.59 Å². The molecular weight excluding hydrogens is 354 g/mol. The van der Waals surface area contributed by atoms with Crippen LogP contribution in [0.4, 0.5) is 4.79 Å². The molecule has 2 aromatic rings. The number of hydrogen-bond acceptors (Lipinski definition) is 3. The van der Waals surface area contributed by atoms with Crippen molar-refractivity contribution in [2.24, 2.45) is 5.92 Å². The summed E-state index contributed by atoms with van der Waals surface area (Å²) in [4.78, 5) is 23.3. The average Bonchev–Trinajstić information content (AvgIpc) is 3.00. The molecule has 0 heterocycles. The lowest BCUT2D eigenvalue weighted by Gasteiger charge is -2.28. The molecule has 0 aromatic heterocycles. The van der Waals surface area contributed by atoms with Crippen molar-refractivity contribution >= 4 is 12.1 Å². The molecule has 0 radical (unpaired) electrons. The van der Waals surface area contributed by atoms with E-state index in [0.717, 1.165) is 19.3 Å². The van der Waals surface area contributed by atoms with Crippen LogP contribution < -0.4 is 5.32 Å². The van der Waals surface area contributed by atoms with Crippen LogP contribution in [0.2, 0.25) is 0 Å². The summed E-state index contributed by atoms with van der Waals surface area (Å²) in [7, 11) is 0. The minimum atomic E-state index is -0.771. The van der Waals surface area contributed by atoms with Crippen molar-refractivity contribution in [1.29, 1.82) is 0 Å². The Labute approximate surface area is 164 Å². The molecule has 2 N–H and O–H groups in total. The molecule has 146 valence electrons. The highest BCUT2D eigenvalue weighted by molar-refractivity contribution is 5.79. The molecule has 2 aliphatic rings. The molecule has 1 saturated carbocycles. The molecule has 2 aliphatic carbocycles. The Kier molecular flexibility index (Phi) is 5.33. The van der Waals surface area contributed by atoms with E-state index >= 15 is 0 Å². The van der Waals surface area contributed by atoms with Crippen LogP contribution in [-0.2, 0) is 9.53 Å². The van der Waals surface area contributed by atoms with Gasteiger partial charge in [0.05, 0.1) is 0 Å². The van der Waals surface area contributed by atoms with E-state index in [2.05, 4.69) is 29.6 Å². The highest BCUT2D eigenvalue weighted by atomic mass is 16.5. The van der Waals surface area contributed by atoms with E-state index in [-0.39, 0.29) is 24.3 Å². The third-order valence-corrected chi connectivity index (χ3v) is 5.91. The predicted octanol–water partition coefficient (Wildman–Crippen LogP) is 4.56. The van der Waals surface area contributed by atoms with Crippen LogP contribution in [0.5, 0.6) is 0 Å². The van der Waals surface area contributed by atoms with Gasteiger partial charge in [-0.1, -0.05) is 55.0 Å². The Balaban J connectivity index is 1.37. The van der Waals surface area contributed by atoms with Crippen LogP contribution in [0.15, 0.2) is 48.5 Å². The van der Waals surface area contributed by atoms with Crippen molar-refractivity contribution in [3.63, 3.8) is 0 Å². The zero-order valence-corrected chi connectivity index (χ0v) is 15.8. The molecule has 0 unspecified atom stereocenters. The second kappa shape index (κ2) is 8.05. The van der Waals surface area contributed by atoms with Crippen LogP contribution in [0.25, 0.3) is 11.1 Å². The normalized spacial score (nSPS) is 20.9. The van der Waals surface area contributed by atoms with Crippen LogP contribution in [0.1, 0.15) is 49.1 Å². The van der Waals surface area contributed by atoms with Gasteiger partial charge >= 0.3 is 12.1 Å². The van der Waals surface area contributed by atoms with Crippen molar-refractivity contribution in [2.45, 2.75) is 44.1 Å². The molecule has 1 fully saturated rings. The van der Waals surface area contributed by atoms with E-state index in [0.29, 0.717) is 13.0 Å². The van der Waals surface area contributed by atoms with Gasteiger partial charge in [-0.3, -0.25) is 4.79 Å². The maximum atomic E-state index is 12.4. The van der Waals surface area contributed by atoms with E-state index < -0.39 is 12.1 Å². The summed E-state index contributed by atoms with van der Waals surface area (Å²) in [5.74, 6) is -0.596. The molecule has 0 aliphatic heterocycles. The lowest BCUT2D eigenvalue weighted by Crippen LogP contribution is -2.39. The van der Waals surface area contributed by atoms with Gasteiger partial charge in [-0.05, 0) is 47.4 Å². The summed E-state index contributed by atoms with van der Waals surface area (Å²) in [6.45, 7) is 0.297. The maximum Gasteiger partial charge on any atom is 0.407 e. The Bertz CT molecular complexity index is 833. The van der Waals surface area contributed by atoms with Crippen LogP contribution in [0.3, 0.4) is 0 Å². The monoisotopic (exact) mass is 379 g/mol. The van der Waals surface area contributed by atoms with E-state index in [1.54, 1.807) is 0 Å². The van der Waals surface area contributed by atoms with Gasteiger partial charge in [0.15, 0.2) is 0 Å². The van der Waals surface area contributed by atoms with Gasteiger partial charge in [-0.15, -0.1) is 0 Å². The molecule has 28 heavy (non-hydrogen) atoms. The van der Waals surface area contributed by atoms with Gasteiger partial charge in [0.25, 0.3) is 0 Å². The fourth-order valence-corrected chi connectivity index (χ4v) is 4.66. The van der Waals surface area contributed by atoms with Crippen molar-refractivity contribution in [3.05, 3.63) is 59.7 Å². The summed E-state index contributed by atoms with van der Waals surface area (Å²) >= 11 is 0. The minimum absolute atomic E-state index is 0.00579. The molecule has 5 heteroatoms. The Morgan fingerprint density at radius 1 is 1.00 bits per heavy atom. The highest BCUT2D eigenvalue weighted by Gasteiger charge is 2.30. The number of fused-ring (bicyclic) bond motifs is 3. The topological polar surface area (TPSA) is 75.6 Å². The molecular formula is C23H25NO4. The Hall–Kier alpha value is -2.82. The molecule has 1 amide bonds. The van der Waals surface area contributed by atoms with Gasteiger partial charge in [-0.2, -0.15) is 0 Å². The first kappa shape index (κ1) is 18.5. The summed E-state index contributed by atoms with van der Waals surface area (Å²) in [5.41, 5.74) is 4.79. The third-order valence-electron chi connectivity index (χ3n) is 5.91. The van der Waals surface area contributed by atoms with E-state index in [1.165, 1.54) is 22.3 Å². The Morgan fingerprint density at radius 3 is 2.29 bits per heavy atom. The van der Waals surface area contributed by atoms with Gasteiger partial charge in [0, 0.05) is 18.4 Å². The van der Waals surface area contributed by atoms with Crippen molar-refractivity contribution in [3.8, 4) is 11.1 Å². The number of hydrogen-bond donors (Lipinski definition) is 2. The molecule has 2 aromatic carbocycles. The second-order valence-electron chi connectivity index (χ2n) is 7.80. The summed E-state index contributed by atoms with van der Waals surface area (Å²) < 4.78 is 5.59. The van der Waals surface area contributed by atoms with Crippen LogP contribution >= 0.6 is 0 Å². The zero-order chi connectivity index (χ0) is 19.5. The summed E-state index contributed by atoms with van der Waals surface area (Å²) in [6.07, 6.45) is 3.18. The number of nitrogens with one attached hydrogen (secondary N) is 1. The van der Waals surface area contributed by atoms with Crippen molar-refractivity contribution in [1.82, 2.24) is 5.32 Å². The predicted molar refractivity (Wildman–Crippen MR) is 106 cm³/mol. The Morgan fingerprint density at radius 2 is 1.64 bits per heavy atom. The van der Waals surface area contributed by atoms with Gasteiger partial charge in [-0.25, -0.2) is 4.79 Å². The number of amides is 1. The summed E-state index contributed by atoms with van der Waals surface area (Å²) in [6, 6.07) is 16.5. The average molecular weight is 379 g/mol. The summed E-state index contributed by atoms with van der Waals surface area (Å²) in [5, 5.41) is 11.9. The quantitative estimate of drug-likeness (QED) is 0.799. The number of carboxylic acids is 1. The molecule has 5 nitrogen and oxygen atoms in total. The van der Waals surface area contributed by atoms with Gasteiger partial charge < -0.3 is 15.2 Å². The van der Waals surface area contributed by atoms with Gasteiger partial charge in [0.2, 0.25) is 0 Å². The van der Waals surface area contributed by atoms with E-state index in [1.807, 2.05) is 24.3 Å². The number of aliphatic carboxylic acids is 1. The van der Waals surface area contributed by atoms with E-state index in [4.69, 9.17) is 9.84 Å². The fraction of sp³-hybridized carbons (Fsp3) is 0.391. The smallest absolute Gasteiger partial charge is 0.407 e. The number of carboxylic acid groups (broad SMARTS) is 1. The standard InChI is InChI=1S/C23H25NO4/c25-22(26)13-15-6-5-7-16(12-15)24-23(27)28-14-21-19-10-3-1-8-17(19)18-9-2-4-11-20(18)21/h1-4,8-11,15-16,21H,5-7,12-14H2,(H,24,27)(H,25,26)/t15-,16+/m1/s1. The number of benzene rings is 2. The largest absolute Gasteiger partial charge is 0.481 e. The SMILES string of the molecule is O=C(O)C[C@@H]1CCC[C@H](NC(=O)OCC2c3ccccc3-c3ccccc32)C1. The van der Waals surface area contributed by atoms with Crippen molar-refractivity contribution in [2.75, 3.05) is 6.61 Å². The van der Waals surface area contributed by atoms with Gasteiger partial charge in [0.1, 0.15) is 6.61 Å². The first-order chi connectivity index (χ1) is 13.6. The number of alkyl carbamates (subject to hydrolysis) is 1.